The van der Waals surface area contributed by atoms with Crippen molar-refractivity contribution >= 4 is 11.8 Å². The van der Waals surface area contributed by atoms with E-state index >= 15 is 0 Å². The van der Waals surface area contributed by atoms with Crippen LogP contribution in [0.5, 0.6) is 0 Å². The fourth-order valence-electron chi connectivity index (χ4n) is 1.15. The summed E-state index contributed by atoms with van der Waals surface area (Å²) in [5, 5.41) is 8.72. The molecule has 0 spiro atoms. The fourth-order valence-corrected chi connectivity index (χ4v) is 1.77. The predicted molar refractivity (Wildman–Crippen MR) is 59.3 cm³/mol. The topological polar surface area (TPSA) is 59.1 Å². The molecule has 0 aliphatic heterocycles. The van der Waals surface area contributed by atoms with Gasteiger partial charge in [0.2, 0.25) is 0 Å². The Hall–Kier alpha value is -0.580. The summed E-state index contributed by atoms with van der Waals surface area (Å²) in [7, 11) is 0. The minimum Gasteiger partial charge on any atom is -0.396 e. The van der Waals surface area contributed by atoms with Gasteiger partial charge in [-0.15, -0.1) is 11.8 Å². The number of aromatic nitrogens is 1. The second-order valence-electron chi connectivity index (χ2n) is 2.97. The maximum atomic E-state index is 8.72. The molecule has 4 heteroatoms. The van der Waals surface area contributed by atoms with E-state index in [0.29, 0.717) is 6.42 Å². The summed E-state index contributed by atoms with van der Waals surface area (Å²) < 4.78 is 0. The molecule has 1 heterocycles. The number of hydrogen-bond acceptors (Lipinski definition) is 4. The van der Waals surface area contributed by atoms with E-state index < -0.39 is 0 Å². The van der Waals surface area contributed by atoms with E-state index in [1.54, 1.807) is 11.8 Å². The summed E-state index contributed by atoms with van der Waals surface area (Å²) in [6.07, 6.45) is 2.40. The van der Waals surface area contributed by atoms with Crippen molar-refractivity contribution in [1.29, 1.82) is 0 Å². The van der Waals surface area contributed by atoms with E-state index in [2.05, 4.69) is 11.9 Å². The van der Waals surface area contributed by atoms with E-state index in [1.807, 2.05) is 18.3 Å². The van der Waals surface area contributed by atoms with Crippen LogP contribution in [0.3, 0.4) is 0 Å². The quantitative estimate of drug-likeness (QED) is 0.727. The summed E-state index contributed by atoms with van der Waals surface area (Å²) in [6, 6.07) is 3.80. The third kappa shape index (κ3) is 3.29. The fraction of sp³-hybridized carbons (Fsp3) is 0.500. The lowest BCUT2D eigenvalue weighted by atomic mass is 10.1. The number of rotatable bonds is 5. The van der Waals surface area contributed by atoms with Gasteiger partial charge in [-0.25, -0.2) is 0 Å². The molecular weight excluding hydrogens is 196 g/mol. The van der Waals surface area contributed by atoms with Gasteiger partial charge in [-0.1, -0.05) is 6.92 Å². The van der Waals surface area contributed by atoms with Gasteiger partial charge in [-0.05, 0) is 24.3 Å². The van der Waals surface area contributed by atoms with Crippen LogP contribution in [0, 0.1) is 0 Å². The number of pyridine rings is 1. The minimum absolute atomic E-state index is 0.105. The SMILES string of the molecule is CCSc1ccc([C@@H](N)CCO)nc1. The Morgan fingerprint density at radius 1 is 1.57 bits per heavy atom. The first kappa shape index (κ1) is 11.5. The van der Waals surface area contributed by atoms with Crippen molar-refractivity contribution in [3.05, 3.63) is 24.0 Å². The Bertz CT molecular complexity index is 263. The molecule has 1 rings (SSSR count). The highest BCUT2D eigenvalue weighted by Gasteiger charge is 2.05. The Kier molecular flexibility index (Phi) is 4.93. The van der Waals surface area contributed by atoms with Gasteiger partial charge >= 0.3 is 0 Å². The van der Waals surface area contributed by atoms with Gasteiger partial charge in [0, 0.05) is 23.7 Å². The van der Waals surface area contributed by atoms with Crippen LogP contribution in [0.25, 0.3) is 0 Å². The van der Waals surface area contributed by atoms with Gasteiger partial charge < -0.3 is 10.8 Å². The number of aliphatic hydroxyl groups is 1. The van der Waals surface area contributed by atoms with Crippen molar-refractivity contribution < 1.29 is 5.11 Å². The molecule has 1 aromatic rings. The van der Waals surface area contributed by atoms with Gasteiger partial charge in [0.1, 0.15) is 0 Å². The third-order valence-electron chi connectivity index (χ3n) is 1.89. The van der Waals surface area contributed by atoms with E-state index in [9.17, 15) is 0 Å². The van der Waals surface area contributed by atoms with Crippen molar-refractivity contribution in [1.82, 2.24) is 4.98 Å². The lowest BCUT2D eigenvalue weighted by Crippen LogP contribution is -2.13. The average Bonchev–Trinajstić information content (AvgIpc) is 2.20. The van der Waals surface area contributed by atoms with Gasteiger partial charge in [0.05, 0.1) is 5.69 Å². The maximum Gasteiger partial charge on any atom is 0.0572 e. The number of nitrogens with zero attached hydrogens (tertiary/aromatic N) is 1. The zero-order valence-electron chi connectivity index (χ0n) is 8.31. The molecule has 0 fully saturated rings. The van der Waals surface area contributed by atoms with Crippen molar-refractivity contribution in [3.8, 4) is 0 Å². The van der Waals surface area contributed by atoms with Crippen molar-refractivity contribution in [2.24, 2.45) is 5.73 Å². The molecule has 1 atom stereocenters. The molecule has 0 saturated heterocycles. The Morgan fingerprint density at radius 2 is 2.36 bits per heavy atom. The van der Waals surface area contributed by atoms with Crippen LogP contribution < -0.4 is 5.73 Å². The maximum absolute atomic E-state index is 8.72. The standard InChI is InChI=1S/C10H16N2OS/c1-2-14-8-3-4-10(12-7-8)9(11)5-6-13/h3-4,7,9,13H,2,5-6,11H2,1H3/t9-/m0/s1. The van der Waals surface area contributed by atoms with Crippen LogP contribution in [-0.4, -0.2) is 22.5 Å². The Morgan fingerprint density at radius 3 is 2.86 bits per heavy atom. The third-order valence-corrected chi connectivity index (χ3v) is 2.75. The molecule has 1 aromatic heterocycles. The molecule has 0 unspecified atom stereocenters. The highest BCUT2D eigenvalue weighted by atomic mass is 32.2. The summed E-state index contributed by atoms with van der Waals surface area (Å²) in [5.41, 5.74) is 6.65. The molecule has 0 radical (unpaired) electrons. The number of hydrogen-bond donors (Lipinski definition) is 2. The summed E-state index contributed by atoms with van der Waals surface area (Å²) >= 11 is 1.76. The van der Waals surface area contributed by atoms with Crippen LogP contribution in [0.4, 0.5) is 0 Å². The first-order chi connectivity index (χ1) is 6.77. The van der Waals surface area contributed by atoms with Crippen molar-refractivity contribution in [3.63, 3.8) is 0 Å². The van der Waals surface area contributed by atoms with Crippen LogP contribution in [0.1, 0.15) is 25.1 Å². The molecule has 78 valence electrons. The highest BCUT2D eigenvalue weighted by molar-refractivity contribution is 7.99. The van der Waals surface area contributed by atoms with Crippen molar-refractivity contribution in [2.45, 2.75) is 24.3 Å². The first-order valence-electron chi connectivity index (χ1n) is 4.73. The average molecular weight is 212 g/mol. The molecule has 0 aliphatic carbocycles. The molecule has 0 aromatic carbocycles. The smallest absolute Gasteiger partial charge is 0.0572 e. The lowest BCUT2D eigenvalue weighted by Gasteiger charge is -2.09. The van der Waals surface area contributed by atoms with Crippen LogP contribution >= 0.6 is 11.8 Å². The predicted octanol–water partition coefficient (Wildman–Crippen LogP) is 1.58. The molecule has 3 nitrogen and oxygen atoms in total. The summed E-state index contributed by atoms with van der Waals surface area (Å²) in [5.74, 6) is 1.05. The van der Waals surface area contributed by atoms with Crippen molar-refractivity contribution in [2.75, 3.05) is 12.4 Å². The van der Waals surface area contributed by atoms with Crippen LogP contribution in [0.15, 0.2) is 23.2 Å². The van der Waals surface area contributed by atoms with Gasteiger partial charge in [-0.3, -0.25) is 4.98 Å². The molecular formula is C10H16N2OS. The normalized spacial score (nSPS) is 12.8. The minimum atomic E-state index is -0.152. The lowest BCUT2D eigenvalue weighted by molar-refractivity contribution is 0.275. The number of aliphatic hydroxyl groups excluding tert-OH is 1. The summed E-state index contributed by atoms with van der Waals surface area (Å²) in [6.45, 7) is 2.21. The van der Waals surface area contributed by atoms with Gasteiger partial charge in [0.25, 0.3) is 0 Å². The van der Waals surface area contributed by atoms with Crippen LogP contribution in [0.2, 0.25) is 0 Å². The Balaban J connectivity index is 2.62. The van der Waals surface area contributed by atoms with E-state index in [-0.39, 0.29) is 12.6 Å². The van der Waals surface area contributed by atoms with Gasteiger partial charge in [-0.2, -0.15) is 0 Å². The van der Waals surface area contributed by atoms with E-state index in [4.69, 9.17) is 10.8 Å². The molecule has 0 saturated carbocycles. The monoisotopic (exact) mass is 212 g/mol. The number of nitrogens with two attached hydrogens (primary N) is 1. The number of thioether (sulfide) groups is 1. The summed E-state index contributed by atoms with van der Waals surface area (Å²) in [4.78, 5) is 5.42. The highest BCUT2D eigenvalue weighted by Crippen LogP contribution is 2.18. The molecule has 0 bridgehead atoms. The molecule has 0 amide bonds. The van der Waals surface area contributed by atoms with Gasteiger partial charge in [0.15, 0.2) is 0 Å². The first-order valence-corrected chi connectivity index (χ1v) is 5.71. The molecule has 3 N–H and O–H groups in total. The zero-order valence-corrected chi connectivity index (χ0v) is 9.13. The van der Waals surface area contributed by atoms with E-state index in [0.717, 1.165) is 16.3 Å². The van der Waals surface area contributed by atoms with Crippen LogP contribution in [-0.2, 0) is 0 Å². The Labute approximate surface area is 88.7 Å². The zero-order chi connectivity index (χ0) is 10.4. The second kappa shape index (κ2) is 6.01. The molecule has 0 aliphatic rings. The molecule has 14 heavy (non-hydrogen) atoms. The second-order valence-corrected chi connectivity index (χ2v) is 4.31. The van der Waals surface area contributed by atoms with E-state index in [1.165, 1.54) is 0 Å². The largest absolute Gasteiger partial charge is 0.396 e.